The summed E-state index contributed by atoms with van der Waals surface area (Å²) in [6.45, 7) is 4.08. The van der Waals surface area contributed by atoms with Gasteiger partial charge in [-0.15, -0.1) is 0 Å². The zero-order valence-electron chi connectivity index (χ0n) is 23.0. The van der Waals surface area contributed by atoms with Crippen LogP contribution >= 0.6 is 0 Å². The Balaban J connectivity index is 1.53. The maximum Gasteiger partial charge on any atom is 0.343 e. The Labute approximate surface area is 227 Å². The molecule has 0 fully saturated rings. The number of carbonyl (C=O) groups excluding carboxylic acids is 3. The molecule has 0 aliphatic heterocycles. The standard InChI is InChI=1S/C31H43N3O4/c1-3-4-5-6-7-8-9-10-11-12-13-14-29(35)32-24-30(36)34-33-23-26-17-21-28(22-18-26)38-31(37)27-19-15-25(2)16-20-27/h15-23H,3-14,24H2,1-2H3,(H,32,35)(H,34,36)/b33-23+. The largest absolute Gasteiger partial charge is 0.423 e. The first-order valence-corrected chi connectivity index (χ1v) is 14.0. The molecule has 0 atom stereocenters. The van der Waals surface area contributed by atoms with Crippen molar-refractivity contribution < 1.29 is 19.1 Å². The molecule has 0 heterocycles. The van der Waals surface area contributed by atoms with Gasteiger partial charge in [-0.05, 0) is 55.3 Å². The van der Waals surface area contributed by atoms with Crippen LogP contribution in [0.1, 0.15) is 105 Å². The molecule has 0 aliphatic rings. The quantitative estimate of drug-likeness (QED) is 0.0771. The third-order valence-electron chi connectivity index (χ3n) is 6.23. The number of rotatable bonds is 18. The molecule has 0 saturated heterocycles. The molecule has 0 aromatic heterocycles. The Bertz CT molecular complexity index is 1000. The van der Waals surface area contributed by atoms with Crippen LogP contribution in [0.25, 0.3) is 0 Å². The fourth-order valence-electron chi connectivity index (χ4n) is 3.91. The molecule has 2 aromatic carbocycles. The summed E-state index contributed by atoms with van der Waals surface area (Å²) in [7, 11) is 0. The number of unbranched alkanes of at least 4 members (excludes halogenated alkanes) is 10. The number of hydrazone groups is 1. The summed E-state index contributed by atoms with van der Waals surface area (Å²) in [5.41, 5.74) is 4.67. The number of aryl methyl sites for hydroxylation is 1. The molecule has 0 bridgehead atoms. The highest BCUT2D eigenvalue weighted by atomic mass is 16.5. The van der Waals surface area contributed by atoms with Crippen LogP contribution in [-0.4, -0.2) is 30.5 Å². The second-order valence-corrected chi connectivity index (χ2v) is 9.68. The summed E-state index contributed by atoms with van der Waals surface area (Å²) in [6.07, 6.45) is 15.5. The van der Waals surface area contributed by atoms with E-state index >= 15 is 0 Å². The Morgan fingerprint density at radius 1 is 0.763 bits per heavy atom. The minimum Gasteiger partial charge on any atom is -0.423 e. The Kier molecular flexibility index (Phi) is 15.1. The number of nitrogens with zero attached hydrogens (tertiary/aromatic N) is 1. The first-order chi connectivity index (χ1) is 18.5. The Hall–Kier alpha value is -3.48. The summed E-state index contributed by atoms with van der Waals surface area (Å²) in [5, 5.41) is 6.55. The number of benzene rings is 2. The fourth-order valence-corrected chi connectivity index (χ4v) is 3.91. The highest BCUT2D eigenvalue weighted by molar-refractivity contribution is 5.91. The van der Waals surface area contributed by atoms with Crippen molar-refractivity contribution in [2.75, 3.05) is 6.54 Å². The number of nitrogens with one attached hydrogen (secondary N) is 2. The van der Waals surface area contributed by atoms with Gasteiger partial charge in [-0.25, -0.2) is 10.2 Å². The van der Waals surface area contributed by atoms with Crippen molar-refractivity contribution in [2.45, 2.75) is 90.9 Å². The average molecular weight is 522 g/mol. The van der Waals surface area contributed by atoms with Crippen molar-refractivity contribution >= 4 is 24.0 Å². The van der Waals surface area contributed by atoms with E-state index in [1.165, 1.54) is 57.6 Å². The van der Waals surface area contributed by atoms with E-state index in [1.807, 2.05) is 19.1 Å². The van der Waals surface area contributed by atoms with E-state index in [4.69, 9.17) is 4.74 Å². The van der Waals surface area contributed by atoms with Crippen molar-refractivity contribution in [3.63, 3.8) is 0 Å². The molecular formula is C31H43N3O4. The van der Waals surface area contributed by atoms with E-state index in [1.54, 1.807) is 36.4 Å². The van der Waals surface area contributed by atoms with Gasteiger partial charge in [0.25, 0.3) is 5.91 Å². The van der Waals surface area contributed by atoms with E-state index in [-0.39, 0.29) is 12.5 Å². The number of hydrogen-bond donors (Lipinski definition) is 2. The summed E-state index contributed by atoms with van der Waals surface area (Å²) in [6, 6.07) is 13.9. The number of carbonyl (C=O) groups is 3. The van der Waals surface area contributed by atoms with Crippen LogP contribution in [0.2, 0.25) is 0 Å². The van der Waals surface area contributed by atoms with Crippen LogP contribution in [0, 0.1) is 6.92 Å². The smallest absolute Gasteiger partial charge is 0.343 e. The van der Waals surface area contributed by atoms with Crippen LogP contribution in [0.4, 0.5) is 0 Å². The summed E-state index contributed by atoms with van der Waals surface area (Å²) in [5.74, 6) is -0.519. The van der Waals surface area contributed by atoms with Crippen molar-refractivity contribution in [3.05, 3.63) is 65.2 Å². The van der Waals surface area contributed by atoms with E-state index in [9.17, 15) is 14.4 Å². The molecule has 7 heteroatoms. The lowest BCUT2D eigenvalue weighted by Gasteiger charge is -2.05. The lowest BCUT2D eigenvalue weighted by molar-refractivity contribution is -0.126. The predicted octanol–water partition coefficient (Wildman–Crippen LogP) is 6.48. The van der Waals surface area contributed by atoms with E-state index in [0.717, 1.165) is 30.4 Å². The average Bonchev–Trinajstić information content (AvgIpc) is 2.92. The maximum absolute atomic E-state index is 12.2. The van der Waals surface area contributed by atoms with Gasteiger partial charge in [0.05, 0.1) is 18.3 Å². The molecule has 2 rings (SSSR count). The normalized spacial score (nSPS) is 10.9. The fraction of sp³-hybridized carbons (Fsp3) is 0.484. The third kappa shape index (κ3) is 13.7. The topological polar surface area (TPSA) is 96.9 Å². The summed E-state index contributed by atoms with van der Waals surface area (Å²) in [4.78, 5) is 36.1. The highest BCUT2D eigenvalue weighted by Crippen LogP contribution is 2.14. The molecule has 2 amide bonds. The minimum atomic E-state index is -0.427. The predicted molar refractivity (Wildman–Crippen MR) is 152 cm³/mol. The zero-order chi connectivity index (χ0) is 27.4. The lowest BCUT2D eigenvalue weighted by Crippen LogP contribution is -2.34. The number of ether oxygens (including phenoxy) is 1. The summed E-state index contributed by atoms with van der Waals surface area (Å²) < 4.78 is 5.37. The Morgan fingerprint density at radius 3 is 1.95 bits per heavy atom. The van der Waals surface area contributed by atoms with Gasteiger partial charge in [-0.1, -0.05) is 88.8 Å². The molecule has 206 valence electrons. The SMILES string of the molecule is CCCCCCCCCCCCCC(=O)NCC(=O)N/N=C/c1ccc(OC(=O)c2ccc(C)cc2)cc1. The number of hydrogen-bond acceptors (Lipinski definition) is 5. The minimum absolute atomic E-state index is 0.109. The zero-order valence-corrected chi connectivity index (χ0v) is 23.0. The van der Waals surface area contributed by atoms with E-state index in [0.29, 0.717) is 17.7 Å². The van der Waals surface area contributed by atoms with Crippen LogP contribution in [0.5, 0.6) is 5.75 Å². The molecule has 0 saturated carbocycles. The molecule has 2 N–H and O–H groups in total. The lowest BCUT2D eigenvalue weighted by atomic mass is 10.1. The molecular weight excluding hydrogens is 478 g/mol. The molecule has 0 radical (unpaired) electrons. The monoisotopic (exact) mass is 521 g/mol. The Morgan fingerprint density at radius 2 is 1.34 bits per heavy atom. The van der Waals surface area contributed by atoms with Gasteiger partial charge >= 0.3 is 5.97 Å². The van der Waals surface area contributed by atoms with Crippen LogP contribution in [-0.2, 0) is 9.59 Å². The molecule has 0 spiro atoms. The van der Waals surface area contributed by atoms with Crippen molar-refractivity contribution in [1.29, 1.82) is 0 Å². The van der Waals surface area contributed by atoms with E-state index < -0.39 is 11.9 Å². The van der Waals surface area contributed by atoms with Gasteiger partial charge in [0.1, 0.15) is 5.75 Å². The molecule has 0 unspecified atom stereocenters. The van der Waals surface area contributed by atoms with Crippen LogP contribution in [0.15, 0.2) is 53.6 Å². The first-order valence-electron chi connectivity index (χ1n) is 14.0. The molecule has 2 aromatic rings. The van der Waals surface area contributed by atoms with Gasteiger partial charge in [0, 0.05) is 6.42 Å². The van der Waals surface area contributed by atoms with Crippen LogP contribution in [0.3, 0.4) is 0 Å². The van der Waals surface area contributed by atoms with Crippen molar-refractivity contribution in [1.82, 2.24) is 10.7 Å². The van der Waals surface area contributed by atoms with Gasteiger partial charge in [0.2, 0.25) is 5.91 Å². The van der Waals surface area contributed by atoms with Gasteiger partial charge < -0.3 is 10.1 Å². The van der Waals surface area contributed by atoms with Gasteiger partial charge in [-0.2, -0.15) is 5.10 Å². The molecule has 0 aliphatic carbocycles. The second-order valence-electron chi connectivity index (χ2n) is 9.68. The second kappa shape index (κ2) is 18.7. The van der Waals surface area contributed by atoms with Gasteiger partial charge in [0.15, 0.2) is 0 Å². The summed E-state index contributed by atoms with van der Waals surface area (Å²) >= 11 is 0. The number of amides is 2. The van der Waals surface area contributed by atoms with Crippen LogP contribution < -0.4 is 15.5 Å². The maximum atomic E-state index is 12.2. The third-order valence-corrected chi connectivity index (χ3v) is 6.23. The van der Waals surface area contributed by atoms with Crippen molar-refractivity contribution in [3.8, 4) is 5.75 Å². The molecule has 7 nitrogen and oxygen atoms in total. The highest BCUT2D eigenvalue weighted by Gasteiger charge is 2.08. The number of esters is 1. The molecule has 38 heavy (non-hydrogen) atoms. The first kappa shape index (κ1) is 30.7. The van der Waals surface area contributed by atoms with Gasteiger partial charge in [-0.3, -0.25) is 9.59 Å². The van der Waals surface area contributed by atoms with E-state index in [2.05, 4.69) is 22.8 Å². The van der Waals surface area contributed by atoms with Crippen molar-refractivity contribution in [2.24, 2.45) is 5.10 Å².